The van der Waals surface area contributed by atoms with Gasteiger partial charge in [-0.25, -0.2) is 0 Å². The first-order chi connectivity index (χ1) is 6.54. The van der Waals surface area contributed by atoms with E-state index in [9.17, 15) is 0 Å². The third kappa shape index (κ3) is 8.54. The summed E-state index contributed by atoms with van der Waals surface area (Å²) < 4.78 is 18.2. The van der Waals surface area contributed by atoms with Crippen LogP contribution >= 0.6 is 0 Å². The van der Waals surface area contributed by atoms with Gasteiger partial charge in [0.25, 0.3) is 0 Å². The van der Waals surface area contributed by atoms with Crippen molar-refractivity contribution in [3.63, 3.8) is 0 Å². The molecule has 0 N–H and O–H groups in total. The molecule has 0 aromatic carbocycles. The van der Waals surface area contributed by atoms with E-state index < -0.39 is 35.2 Å². The molecule has 0 aliphatic rings. The van der Waals surface area contributed by atoms with E-state index in [2.05, 4.69) is 52.4 Å². The second kappa shape index (κ2) is 5.89. The molecule has 0 atom stereocenters. The summed E-state index contributed by atoms with van der Waals surface area (Å²) in [5.74, 6) is 0. The van der Waals surface area contributed by atoms with Crippen LogP contribution in [0.1, 0.15) is 0 Å². The fourth-order valence-electron chi connectivity index (χ4n) is 1.49. The predicted octanol–water partition coefficient (Wildman–Crippen LogP) is 2.41. The van der Waals surface area contributed by atoms with Gasteiger partial charge >= 0.3 is 8.80 Å². The third-order valence-electron chi connectivity index (χ3n) is 1.39. The van der Waals surface area contributed by atoms with E-state index in [1.54, 1.807) is 0 Å². The zero-order chi connectivity index (χ0) is 12.3. The van der Waals surface area contributed by atoms with Crippen LogP contribution in [-0.4, -0.2) is 35.2 Å². The first-order valence-corrected chi connectivity index (χ1v) is 16.8. The van der Waals surface area contributed by atoms with Crippen LogP contribution in [0.25, 0.3) is 0 Å². The summed E-state index contributed by atoms with van der Waals surface area (Å²) in [6.45, 7) is 17.3. The van der Waals surface area contributed by atoms with Crippen LogP contribution in [-0.2, 0) is 12.3 Å². The number of rotatable bonds is 6. The van der Waals surface area contributed by atoms with Crippen molar-refractivity contribution in [1.82, 2.24) is 0 Å². The summed E-state index contributed by atoms with van der Waals surface area (Å²) in [6, 6.07) is 0. The zero-order valence-corrected chi connectivity index (χ0v) is 15.7. The van der Waals surface area contributed by atoms with Gasteiger partial charge in [0.1, 0.15) is 0 Å². The molecule has 7 heteroatoms. The fraction of sp³-hybridized carbons (Fsp3) is 1.00. The van der Waals surface area contributed by atoms with Crippen molar-refractivity contribution in [2.24, 2.45) is 0 Å². The SMILES string of the molecule is C[SiH](C)O[Si](C)(O[SiH](C)C)O[Si](C)(C)C. The lowest BCUT2D eigenvalue weighted by Gasteiger charge is -2.35. The lowest BCUT2D eigenvalue weighted by Crippen LogP contribution is -2.53. The lowest BCUT2D eigenvalue weighted by atomic mass is 11.8. The third-order valence-corrected chi connectivity index (χ3v) is 12.5. The molecule has 0 aliphatic heterocycles. The van der Waals surface area contributed by atoms with Gasteiger partial charge in [-0.1, -0.05) is 0 Å². The Kier molecular flexibility index (Phi) is 6.19. The van der Waals surface area contributed by atoms with E-state index >= 15 is 0 Å². The Labute approximate surface area is 100 Å². The molecule has 0 fully saturated rings. The van der Waals surface area contributed by atoms with Crippen molar-refractivity contribution in [3.8, 4) is 0 Å². The number of hydrogen-bond acceptors (Lipinski definition) is 3. The highest BCUT2D eigenvalue weighted by Crippen LogP contribution is 2.18. The Morgan fingerprint density at radius 3 is 1.27 bits per heavy atom. The van der Waals surface area contributed by atoms with Crippen LogP contribution in [0.5, 0.6) is 0 Å². The van der Waals surface area contributed by atoms with Gasteiger partial charge in [-0.3, -0.25) is 0 Å². The van der Waals surface area contributed by atoms with Gasteiger partial charge in [0, 0.05) is 6.55 Å². The standard InChI is InChI=1S/C8H26O3Si4/c1-12(2)9-15(8,10-13(3)4)11-14(5,6)7/h12-13H,1-8H3. The van der Waals surface area contributed by atoms with E-state index in [4.69, 9.17) is 12.3 Å². The average molecular weight is 283 g/mol. The molecule has 0 heterocycles. The fourth-order valence-corrected chi connectivity index (χ4v) is 14.8. The largest absolute Gasteiger partial charge is 0.465 e. The van der Waals surface area contributed by atoms with Crippen LogP contribution < -0.4 is 0 Å². The van der Waals surface area contributed by atoms with Gasteiger partial charge in [-0.2, -0.15) is 0 Å². The maximum atomic E-state index is 6.15. The molecular weight excluding hydrogens is 256 g/mol. The Hall–Kier alpha value is 0.748. The zero-order valence-electron chi connectivity index (χ0n) is 11.4. The quantitative estimate of drug-likeness (QED) is 0.700. The first-order valence-electron chi connectivity index (χ1n) is 5.60. The second-order valence-electron chi connectivity index (χ2n) is 5.41. The summed E-state index contributed by atoms with van der Waals surface area (Å²) >= 11 is 0. The van der Waals surface area contributed by atoms with Gasteiger partial charge in [0.2, 0.25) is 0 Å². The number of hydrogen-bond donors (Lipinski definition) is 0. The summed E-state index contributed by atoms with van der Waals surface area (Å²) in [4.78, 5) is 0. The molecule has 0 radical (unpaired) electrons. The molecule has 0 unspecified atom stereocenters. The van der Waals surface area contributed by atoms with Crippen molar-refractivity contribution in [3.05, 3.63) is 0 Å². The van der Waals surface area contributed by atoms with E-state index in [-0.39, 0.29) is 0 Å². The van der Waals surface area contributed by atoms with Crippen LogP contribution in [0.3, 0.4) is 0 Å². The monoisotopic (exact) mass is 282 g/mol. The van der Waals surface area contributed by atoms with Crippen LogP contribution in [0.2, 0.25) is 52.4 Å². The summed E-state index contributed by atoms with van der Waals surface area (Å²) in [7, 11) is -6.07. The molecule has 0 saturated carbocycles. The average Bonchev–Trinajstić information content (AvgIpc) is 1.73. The molecule has 0 aromatic rings. The molecule has 0 bridgehead atoms. The van der Waals surface area contributed by atoms with Gasteiger partial charge in [-0.15, -0.1) is 0 Å². The Morgan fingerprint density at radius 1 is 0.733 bits per heavy atom. The maximum absolute atomic E-state index is 6.15. The molecule has 0 amide bonds. The molecular formula is C8H26O3Si4. The van der Waals surface area contributed by atoms with E-state index in [1.807, 2.05) is 0 Å². The molecule has 0 rings (SSSR count). The molecule has 15 heavy (non-hydrogen) atoms. The Balaban J connectivity index is 4.54. The summed E-state index contributed by atoms with van der Waals surface area (Å²) in [5, 5.41) is 0. The molecule has 0 spiro atoms. The van der Waals surface area contributed by atoms with E-state index in [0.717, 1.165) is 0 Å². The van der Waals surface area contributed by atoms with Crippen molar-refractivity contribution < 1.29 is 12.3 Å². The molecule has 0 saturated heterocycles. The van der Waals surface area contributed by atoms with Crippen LogP contribution in [0.4, 0.5) is 0 Å². The lowest BCUT2D eigenvalue weighted by molar-refractivity contribution is 0.274. The predicted molar refractivity (Wildman–Crippen MR) is 76.0 cm³/mol. The summed E-state index contributed by atoms with van der Waals surface area (Å²) in [6.07, 6.45) is 0. The smallest absolute Gasteiger partial charge is 0.420 e. The van der Waals surface area contributed by atoms with Crippen LogP contribution in [0, 0.1) is 0 Å². The summed E-state index contributed by atoms with van der Waals surface area (Å²) in [5.41, 5.74) is 0. The highest BCUT2D eigenvalue weighted by molar-refractivity contribution is 6.84. The maximum Gasteiger partial charge on any atom is 0.465 e. The van der Waals surface area contributed by atoms with Gasteiger partial charge < -0.3 is 12.3 Å². The minimum atomic E-state index is -2.33. The van der Waals surface area contributed by atoms with Crippen LogP contribution in [0.15, 0.2) is 0 Å². The molecule has 92 valence electrons. The van der Waals surface area contributed by atoms with Crippen molar-refractivity contribution in [1.29, 1.82) is 0 Å². The topological polar surface area (TPSA) is 27.7 Å². The first kappa shape index (κ1) is 15.7. The second-order valence-corrected chi connectivity index (χ2v) is 18.3. The molecule has 3 nitrogen and oxygen atoms in total. The highest BCUT2D eigenvalue weighted by atomic mass is 28.5. The Morgan fingerprint density at radius 2 is 1.07 bits per heavy atom. The molecule has 0 aliphatic carbocycles. The van der Waals surface area contributed by atoms with Crippen molar-refractivity contribution >= 4 is 35.2 Å². The van der Waals surface area contributed by atoms with Gasteiger partial charge in [0.15, 0.2) is 26.4 Å². The van der Waals surface area contributed by atoms with Gasteiger partial charge in [0.05, 0.1) is 0 Å². The van der Waals surface area contributed by atoms with Crippen molar-refractivity contribution in [2.45, 2.75) is 52.4 Å². The van der Waals surface area contributed by atoms with Crippen molar-refractivity contribution in [2.75, 3.05) is 0 Å². The molecule has 0 aromatic heterocycles. The normalized spacial score (nSPS) is 14.0. The highest BCUT2D eigenvalue weighted by Gasteiger charge is 2.40. The minimum Gasteiger partial charge on any atom is -0.420 e. The Bertz CT molecular complexity index is 181. The van der Waals surface area contributed by atoms with Gasteiger partial charge in [-0.05, 0) is 45.8 Å². The van der Waals surface area contributed by atoms with E-state index in [1.165, 1.54) is 0 Å². The minimum absolute atomic E-state index is 1.09. The van der Waals surface area contributed by atoms with E-state index in [0.29, 0.717) is 0 Å².